The Bertz CT molecular complexity index is 542. The highest BCUT2D eigenvalue weighted by molar-refractivity contribution is 6.00. The number of benzene rings is 1. The predicted molar refractivity (Wildman–Crippen MR) is 73.2 cm³/mol. The summed E-state index contributed by atoms with van der Waals surface area (Å²) < 4.78 is 13.6. The zero-order valence-corrected chi connectivity index (χ0v) is 11.9. The lowest BCUT2D eigenvalue weighted by molar-refractivity contribution is -0.142. The summed E-state index contributed by atoms with van der Waals surface area (Å²) in [7, 11) is 0. The van der Waals surface area contributed by atoms with Crippen LogP contribution in [0.4, 0.5) is 4.39 Å². The van der Waals surface area contributed by atoms with Crippen LogP contribution in [0.3, 0.4) is 0 Å². The van der Waals surface area contributed by atoms with E-state index in [1.54, 1.807) is 13.8 Å². The summed E-state index contributed by atoms with van der Waals surface area (Å²) in [6.07, 6.45) is 1.12. The van der Waals surface area contributed by atoms with Crippen LogP contribution in [0, 0.1) is 37.4 Å². The SMILES string of the molecule is Cc1cc(C(=O)C2CC(C)CC2C(=O)O)cc(C)c1F. The van der Waals surface area contributed by atoms with Crippen molar-refractivity contribution in [2.24, 2.45) is 17.8 Å². The summed E-state index contributed by atoms with van der Waals surface area (Å²) in [5.74, 6) is -2.28. The average Bonchev–Trinajstić information content (AvgIpc) is 2.76. The van der Waals surface area contributed by atoms with Gasteiger partial charge in [0.25, 0.3) is 0 Å². The van der Waals surface area contributed by atoms with Gasteiger partial charge in [-0.2, -0.15) is 0 Å². The summed E-state index contributed by atoms with van der Waals surface area (Å²) in [4.78, 5) is 23.8. The minimum absolute atomic E-state index is 0.173. The number of aryl methyl sites for hydroxylation is 2. The molecule has 0 aromatic heterocycles. The van der Waals surface area contributed by atoms with Crippen molar-refractivity contribution in [3.05, 3.63) is 34.6 Å². The molecule has 1 aromatic rings. The molecule has 4 heteroatoms. The molecule has 1 saturated carbocycles. The van der Waals surface area contributed by atoms with E-state index >= 15 is 0 Å². The molecule has 2 rings (SSSR count). The molecule has 3 nitrogen and oxygen atoms in total. The topological polar surface area (TPSA) is 54.4 Å². The van der Waals surface area contributed by atoms with Crippen molar-refractivity contribution in [1.29, 1.82) is 0 Å². The van der Waals surface area contributed by atoms with E-state index in [0.717, 1.165) is 0 Å². The van der Waals surface area contributed by atoms with E-state index in [-0.39, 0.29) is 17.5 Å². The summed E-state index contributed by atoms with van der Waals surface area (Å²) in [5.41, 5.74) is 1.27. The van der Waals surface area contributed by atoms with Gasteiger partial charge >= 0.3 is 5.97 Å². The van der Waals surface area contributed by atoms with E-state index in [2.05, 4.69) is 0 Å². The van der Waals surface area contributed by atoms with Crippen molar-refractivity contribution < 1.29 is 19.1 Å². The van der Waals surface area contributed by atoms with E-state index in [1.807, 2.05) is 6.92 Å². The lowest BCUT2D eigenvalue weighted by Crippen LogP contribution is -2.25. The molecule has 0 radical (unpaired) electrons. The number of hydrogen-bond donors (Lipinski definition) is 1. The van der Waals surface area contributed by atoms with Crippen LogP contribution in [0.15, 0.2) is 12.1 Å². The second-order valence-electron chi connectivity index (χ2n) is 5.92. The molecule has 1 aliphatic carbocycles. The molecule has 3 atom stereocenters. The third-order valence-corrected chi connectivity index (χ3v) is 4.17. The van der Waals surface area contributed by atoms with E-state index in [1.165, 1.54) is 12.1 Å². The van der Waals surface area contributed by atoms with Crippen molar-refractivity contribution in [3.8, 4) is 0 Å². The van der Waals surface area contributed by atoms with Gasteiger partial charge in [-0.15, -0.1) is 0 Å². The summed E-state index contributed by atoms with van der Waals surface area (Å²) in [5, 5.41) is 9.24. The van der Waals surface area contributed by atoms with Gasteiger partial charge in [-0.05, 0) is 55.9 Å². The van der Waals surface area contributed by atoms with Gasteiger partial charge in [0.2, 0.25) is 0 Å². The maximum absolute atomic E-state index is 13.6. The second-order valence-corrected chi connectivity index (χ2v) is 5.92. The van der Waals surface area contributed by atoms with Gasteiger partial charge in [-0.25, -0.2) is 4.39 Å². The highest BCUT2D eigenvalue weighted by Crippen LogP contribution is 2.38. The molecule has 1 aliphatic rings. The number of aliphatic carboxylic acids is 1. The third kappa shape index (κ3) is 2.60. The molecule has 0 amide bonds. The maximum Gasteiger partial charge on any atom is 0.307 e. The highest BCUT2D eigenvalue weighted by atomic mass is 19.1. The highest BCUT2D eigenvalue weighted by Gasteiger charge is 2.41. The van der Waals surface area contributed by atoms with E-state index in [0.29, 0.717) is 29.5 Å². The summed E-state index contributed by atoms with van der Waals surface area (Å²) in [6.45, 7) is 5.19. The molecule has 3 unspecified atom stereocenters. The number of carboxylic acid groups (broad SMARTS) is 1. The van der Waals surface area contributed by atoms with Crippen molar-refractivity contribution in [3.63, 3.8) is 0 Å². The zero-order chi connectivity index (χ0) is 15.0. The Morgan fingerprint density at radius 3 is 2.15 bits per heavy atom. The van der Waals surface area contributed by atoms with Crippen molar-refractivity contribution in [1.82, 2.24) is 0 Å². The Morgan fingerprint density at radius 1 is 1.15 bits per heavy atom. The molecule has 108 valence electrons. The van der Waals surface area contributed by atoms with Crippen LogP contribution in [0.5, 0.6) is 0 Å². The van der Waals surface area contributed by atoms with Crippen LogP contribution < -0.4 is 0 Å². The Labute approximate surface area is 117 Å². The fourth-order valence-corrected chi connectivity index (χ4v) is 3.16. The first kappa shape index (κ1) is 14.7. The van der Waals surface area contributed by atoms with Crippen LogP contribution in [0.2, 0.25) is 0 Å². The van der Waals surface area contributed by atoms with Crippen molar-refractivity contribution in [2.75, 3.05) is 0 Å². The van der Waals surface area contributed by atoms with E-state index in [9.17, 15) is 19.1 Å². The molecule has 0 bridgehead atoms. The third-order valence-electron chi connectivity index (χ3n) is 4.17. The van der Waals surface area contributed by atoms with Gasteiger partial charge in [0.15, 0.2) is 5.78 Å². The molecular formula is C16H19FO3. The standard InChI is InChI=1S/C16H19FO3/c1-8-4-12(13(5-8)16(19)20)15(18)11-6-9(2)14(17)10(3)7-11/h6-8,12-13H,4-5H2,1-3H3,(H,19,20). The lowest BCUT2D eigenvalue weighted by atomic mass is 9.87. The maximum atomic E-state index is 13.6. The summed E-state index contributed by atoms with van der Waals surface area (Å²) >= 11 is 0. The Hall–Kier alpha value is -1.71. The predicted octanol–water partition coefficient (Wildman–Crippen LogP) is 3.37. The molecule has 1 fully saturated rings. The molecule has 20 heavy (non-hydrogen) atoms. The van der Waals surface area contributed by atoms with Crippen molar-refractivity contribution in [2.45, 2.75) is 33.6 Å². The van der Waals surface area contributed by atoms with Gasteiger partial charge in [0.05, 0.1) is 5.92 Å². The quantitative estimate of drug-likeness (QED) is 0.862. The van der Waals surface area contributed by atoms with Gasteiger partial charge in [0, 0.05) is 11.5 Å². The van der Waals surface area contributed by atoms with Crippen molar-refractivity contribution >= 4 is 11.8 Å². The Kier molecular flexibility index (Phi) is 3.93. The Morgan fingerprint density at radius 2 is 1.65 bits per heavy atom. The first-order chi connectivity index (χ1) is 9.31. The zero-order valence-electron chi connectivity index (χ0n) is 11.9. The second kappa shape index (κ2) is 5.35. The number of Topliss-reactive ketones (excluding diaryl/α,β-unsaturated/α-hetero) is 1. The molecule has 1 N–H and O–H groups in total. The number of hydrogen-bond acceptors (Lipinski definition) is 2. The van der Waals surface area contributed by atoms with Crippen LogP contribution >= 0.6 is 0 Å². The fraction of sp³-hybridized carbons (Fsp3) is 0.500. The van der Waals surface area contributed by atoms with Crippen LogP contribution in [0.1, 0.15) is 41.3 Å². The number of rotatable bonds is 3. The first-order valence-electron chi connectivity index (χ1n) is 6.85. The number of carbonyl (C=O) groups excluding carboxylic acids is 1. The number of carbonyl (C=O) groups is 2. The molecule has 0 aliphatic heterocycles. The fourth-order valence-electron chi connectivity index (χ4n) is 3.16. The number of carboxylic acids is 1. The van der Waals surface area contributed by atoms with E-state index in [4.69, 9.17) is 0 Å². The van der Waals surface area contributed by atoms with Gasteiger partial charge < -0.3 is 5.11 Å². The van der Waals surface area contributed by atoms with Crippen LogP contribution in [0.25, 0.3) is 0 Å². The van der Waals surface area contributed by atoms with Crippen LogP contribution in [-0.2, 0) is 4.79 Å². The van der Waals surface area contributed by atoms with Crippen LogP contribution in [-0.4, -0.2) is 16.9 Å². The Balaban J connectivity index is 2.33. The molecule has 0 spiro atoms. The smallest absolute Gasteiger partial charge is 0.307 e. The first-order valence-corrected chi connectivity index (χ1v) is 6.85. The number of ketones is 1. The van der Waals surface area contributed by atoms with Gasteiger partial charge in [-0.3, -0.25) is 9.59 Å². The van der Waals surface area contributed by atoms with Gasteiger partial charge in [-0.1, -0.05) is 6.92 Å². The number of halogens is 1. The average molecular weight is 278 g/mol. The van der Waals surface area contributed by atoms with E-state index < -0.39 is 17.8 Å². The molecule has 0 heterocycles. The monoisotopic (exact) mass is 278 g/mol. The summed E-state index contributed by atoms with van der Waals surface area (Å²) in [6, 6.07) is 3.04. The normalized spacial score (nSPS) is 25.7. The largest absolute Gasteiger partial charge is 0.481 e. The molecule has 0 saturated heterocycles. The minimum atomic E-state index is -0.914. The van der Waals surface area contributed by atoms with Gasteiger partial charge in [0.1, 0.15) is 5.82 Å². The minimum Gasteiger partial charge on any atom is -0.481 e. The molecular weight excluding hydrogens is 259 g/mol. The lowest BCUT2D eigenvalue weighted by Gasteiger charge is -2.15. The molecule has 1 aromatic carbocycles.